The topological polar surface area (TPSA) is 46.4 Å². The maximum atomic E-state index is 9.38. The van der Waals surface area contributed by atoms with Gasteiger partial charge in [0.25, 0.3) is 0 Å². The maximum absolute atomic E-state index is 9.38. The number of anilines is 2. The molecule has 0 saturated heterocycles. The number of halogens is 1. The molecular formula is C18H19ClN2O. The summed E-state index contributed by atoms with van der Waals surface area (Å²) in [4.78, 5) is 3.44. The summed E-state index contributed by atoms with van der Waals surface area (Å²) in [6.07, 6.45) is 0. The minimum absolute atomic E-state index is 0. The normalized spacial score (nSPS) is 10.3. The molecule has 114 valence electrons. The number of aromatic nitrogens is 1. The molecule has 2 aromatic carbocycles. The van der Waals surface area contributed by atoms with Crippen LogP contribution in [0, 0.1) is 20.8 Å². The molecule has 0 saturated carbocycles. The number of hydrogen-bond acceptors (Lipinski definition) is 2. The Hall–Kier alpha value is -2.26. The van der Waals surface area contributed by atoms with Crippen LogP contribution in [0.4, 0.5) is 11.4 Å². The lowest BCUT2D eigenvalue weighted by Gasteiger charge is -2.10. The standard InChI is InChI=1S/C18H18N2O.ClH/c1-11-8-12(2)18-16(9-11)17(10-13(3)19-18)20-14-4-6-15(21)7-5-14;/h4-10,21H,1-3H3,(H,19,20);1H. The third-order valence-electron chi connectivity index (χ3n) is 3.60. The van der Waals surface area contributed by atoms with Crippen molar-refractivity contribution in [3.8, 4) is 5.75 Å². The molecule has 0 spiro atoms. The summed E-state index contributed by atoms with van der Waals surface area (Å²) in [5, 5.41) is 14.0. The fourth-order valence-corrected chi connectivity index (χ4v) is 2.68. The summed E-state index contributed by atoms with van der Waals surface area (Å²) in [5.41, 5.74) is 6.77. The monoisotopic (exact) mass is 314 g/mol. The van der Waals surface area contributed by atoms with Gasteiger partial charge >= 0.3 is 0 Å². The van der Waals surface area contributed by atoms with Crippen molar-refractivity contribution in [3.05, 3.63) is 59.3 Å². The van der Waals surface area contributed by atoms with E-state index in [0.29, 0.717) is 0 Å². The SMILES string of the molecule is Cc1cc(C)c2[nH+]c(C)cc(Nc3ccc(O)cc3)c2c1.[Cl-]. The molecule has 0 aliphatic rings. The summed E-state index contributed by atoms with van der Waals surface area (Å²) in [5.74, 6) is 0.273. The van der Waals surface area contributed by atoms with E-state index in [9.17, 15) is 5.11 Å². The molecule has 0 aliphatic heterocycles. The van der Waals surface area contributed by atoms with Crippen molar-refractivity contribution in [2.75, 3.05) is 5.32 Å². The predicted molar refractivity (Wildman–Crippen MR) is 86.1 cm³/mol. The van der Waals surface area contributed by atoms with Gasteiger partial charge in [-0.2, -0.15) is 0 Å². The Morgan fingerprint density at radius 2 is 1.64 bits per heavy atom. The fourth-order valence-electron chi connectivity index (χ4n) is 2.68. The van der Waals surface area contributed by atoms with Crippen LogP contribution < -0.4 is 22.7 Å². The largest absolute Gasteiger partial charge is 1.00 e. The molecule has 0 bridgehead atoms. The van der Waals surface area contributed by atoms with E-state index in [1.807, 2.05) is 12.1 Å². The number of fused-ring (bicyclic) bond motifs is 1. The third kappa shape index (κ3) is 3.15. The molecule has 1 aromatic heterocycles. The third-order valence-corrected chi connectivity index (χ3v) is 3.60. The first-order valence-electron chi connectivity index (χ1n) is 7.03. The van der Waals surface area contributed by atoms with Gasteiger partial charge in [0.05, 0.1) is 11.1 Å². The second-order valence-corrected chi connectivity index (χ2v) is 5.54. The highest BCUT2D eigenvalue weighted by atomic mass is 35.5. The van der Waals surface area contributed by atoms with Gasteiger partial charge in [-0.3, -0.25) is 0 Å². The van der Waals surface area contributed by atoms with Gasteiger partial charge in [-0.15, -0.1) is 0 Å². The van der Waals surface area contributed by atoms with Crippen molar-refractivity contribution in [2.45, 2.75) is 20.8 Å². The molecule has 0 atom stereocenters. The lowest BCUT2D eigenvalue weighted by molar-refractivity contribution is -0.354. The molecule has 4 heteroatoms. The van der Waals surface area contributed by atoms with Gasteiger partial charge in [0, 0.05) is 24.2 Å². The molecule has 0 amide bonds. The Kier molecular flexibility index (Phi) is 4.57. The van der Waals surface area contributed by atoms with Gasteiger partial charge < -0.3 is 22.8 Å². The first-order chi connectivity index (χ1) is 10.0. The average Bonchev–Trinajstić information content (AvgIpc) is 2.43. The van der Waals surface area contributed by atoms with E-state index in [0.717, 1.165) is 22.6 Å². The second-order valence-electron chi connectivity index (χ2n) is 5.54. The van der Waals surface area contributed by atoms with Crippen LogP contribution in [0.2, 0.25) is 0 Å². The van der Waals surface area contributed by atoms with Gasteiger partial charge in [-0.05, 0) is 55.8 Å². The van der Waals surface area contributed by atoms with Gasteiger partial charge in [-0.1, -0.05) is 0 Å². The van der Waals surface area contributed by atoms with Gasteiger partial charge in [-0.25, -0.2) is 4.98 Å². The Bertz CT molecular complexity index is 813. The zero-order valence-electron chi connectivity index (χ0n) is 12.9. The number of pyridine rings is 1. The van der Waals surface area contributed by atoms with E-state index in [2.05, 4.69) is 49.3 Å². The molecule has 0 aliphatic carbocycles. The van der Waals surface area contributed by atoms with Crippen molar-refractivity contribution < 1.29 is 22.5 Å². The zero-order chi connectivity index (χ0) is 15.0. The van der Waals surface area contributed by atoms with Crippen LogP contribution >= 0.6 is 0 Å². The molecular weight excluding hydrogens is 296 g/mol. The number of aromatic amines is 1. The smallest absolute Gasteiger partial charge is 0.216 e. The lowest BCUT2D eigenvalue weighted by atomic mass is 10.0. The van der Waals surface area contributed by atoms with Crippen LogP contribution in [0.3, 0.4) is 0 Å². The minimum Gasteiger partial charge on any atom is -1.00 e. The molecule has 0 radical (unpaired) electrons. The van der Waals surface area contributed by atoms with Crippen molar-refractivity contribution >= 4 is 22.3 Å². The van der Waals surface area contributed by atoms with E-state index in [-0.39, 0.29) is 18.2 Å². The van der Waals surface area contributed by atoms with Crippen LogP contribution in [0.25, 0.3) is 10.9 Å². The number of phenols is 1. The highest BCUT2D eigenvalue weighted by molar-refractivity contribution is 5.93. The van der Waals surface area contributed by atoms with Crippen LogP contribution in [-0.4, -0.2) is 5.11 Å². The average molecular weight is 315 g/mol. The minimum atomic E-state index is 0. The Morgan fingerprint density at radius 3 is 2.32 bits per heavy atom. The second kappa shape index (κ2) is 6.24. The molecule has 3 nitrogen and oxygen atoms in total. The van der Waals surface area contributed by atoms with Gasteiger partial charge in [0.1, 0.15) is 5.75 Å². The van der Waals surface area contributed by atoms with Crippen LogP contribution in [0.15, 0.2) is 42.5 Å². The number of phenolic OH excluding ortho intramolecular Hbond substituents is 1. The summed E-state index contributed by atoms with van der Waals surface area (Å²) in [6.45, 7) is 6.28. The molecule has 3 N–H and O–H groups in total. The number of nitrogens with one attached hydrogen (secondary N) is 2. The fraction of sp³-hybridized carbons (Fsp3) is 0.167. The Morgan fingerprint density at radius 1 is 0.955 bits per heavy atom. The number of aryl methyl sites for hydroxylation is 3. The number of hydrogen-bond donors (Lipinski definition) is 2. The number of aromatic hydroxyl groups is 1. The summed E-state index contributed by atoms with van der Waals surface area (Å²) in [6, 6.07) is 13.6. The maximum Gasteiger partial charge on any atom is 0.216 e. The van der Waals surface area contributed by atoms with E-state index in [4.69, 9.17) is 0 Å². The number of benzene rings is 2. The summed E-state index contributed by atoms with van der Waals surface area (Å²) >= 11 is 0. The summed E-state index contributed by atoms with van der Waals surface area (Å²) in [7, 11) is 0. The first kappa shape index (κ1) is 16.1. The highest BCUT2D eigenvalue weighted by Crippen LogP contribution is 2.28. The zero-order valence-corrected chi connectivity index (χ0v) is 13.6. The Balaban J connectivity index is 0.00000176. The first-order valence-corrected chi connectivity index (χ1v) is 7.03. The van der Waals surface area contributed by atoms with Crippen molar-refractivity contribution in [1.82, 2.24) is 0 Å². The van der Waals surface area contributed by atoms with Gasteiger partial charge in [0.2, 0.25) is 5.52 Å². The van der Waals surface area contributed by atoms with Crippen LogP contribution in [0.5, 0.6) is 5.75 Å². The number of rotatable bonds is 2. The van der Waals surface area contributed by atoms with Crippen molar-refractivity contribution in [3.63, 3.8) is 0 Å². The van der Waals surface area contributed by atoms with E-state index in [1.165, 1.54) is 16.5 Å². The highest BCUT2D eigenvalue weighted by Gasteiger charge is 2.12. The van der Waals surface area contributed by atoms with Crippen molar-refractivity contribution in [1.29, 1.82) is 0 Å². The van der Waals surface area contributed by atoms with Crippen LogP contribution in [0.1, 0.15) is 16.8 Å². The predicted octanol–water partition coefficient (Wildman–Crippen LogP) is 1.03. The van der Waals surface area contributed by atoms with E-state index < -0.39 is 0 Å². The molecule has 22 heavy (non-hydrogen) atoms. The van der Waals surface area contributed by atoms with Gasteiger partial charge in [0.15, 0.2) is 5.69 Å². The van der Waals surface area contributed by atoms with E-state index >= 15 is 0 Å². The molecule has 0 unspecified atom stereocenters. The van der Waals surface area contributed by atoms with Crippen LogP contribution in [-0.2, 0) is 0 Å². The quantitative estimate of drug-likeness (QED) is 0.694. The Labute approximate surface area is 136 Å². The van der Waals surface area contributed by atoms with Crippen molar-refractivity contribution in [2.24, 2.45) is 0 Å². The molecule has 3 rings (SSSR count). The lowest BCUT2D eigenvalue weighted by Crippen LogP contribution is -3.00. The number of H-pyrrole nitrogens is 1. The molecule has 1 heterocycles. The molecule has 3 aromatic rings. The van der Waals surface area contributed by atoms with E-state index in [1.54, 1.807) is 12.1 Å². The summed E-state index contributed by atoms with van der Waals surface area (Å²) < 4.78 is 0. The molecule has 0 fully saturated rings.